The fraction of sp³-hybridized carbons (Fsp3) is 0.350. The van der Waals surface area contributed by atoms with Crippen molar-refractivity contribution in [3.8, 4) is 0 Å². The third-order valence-electron chi connectivity index (χ3n) is 4.62. The number of carbonyl (C=O) groups excluding carboxylic acids is 1. The van der Waals surface area contributed by atoms with Crippen molar-refractivity contribution in [2.24, 2.45) is 0 Å². The van der Waals surface area contributed by atoms with Gasteiger partial charge in [0, 0.05) is 5.56 Å². The number of carbonyl (C=O) groups is 1. The minimum absolute atomic E-state index is 0.0293. The molecule has 1 atom stereocenters. The van der Waals surface area contributed by atoms with Gasteiger partial charge in [0.05, 0.1) is 0 Å². The maximum absolute atomic E-state index is 13.0. The van der Waals surface area contributed by atoms with E-state index in [9.17, 15) is 4.79 Å². The molecule has 23 heavy (non-hydrogen) atoms. The summed E-state index contributed by atoms with van der Waals surface area (Å²) in [5.74, 6) is 0.0293. The lowest BCUT2D eigenvalue weighted by molar-refractivity contribution is 0.0767. The fourth-order valence-corrected chi connectivity index (χ4v) is 3.31. The van der Waals surface area contributed by atoms with Crippen LogP contribution in [0.2, 0.25) is 18.1 Å². The summed E-state index contributed by atoms with van der Waals surface area (Å²) in [6, 6.07) is 19.2. The van der Waals surface area contributed by atoms with Gasteiger partial charge in [0.25, 0.3) is 0 Å². The molecule has 0 N–H and O–H groups in total. The smallest absolute Gasteiger partial charge is 0.194 e. The Kier molecular flexibility index (Phi) is 5.22. The first-order valence-corrected chi connectivity index (χ1v) is 11.0. The molecule has 3 heteroatoms. The Hall–Kier alpha value is -1.71. The van der Waals surface area contributed by atoms with Crippen molar-refractivity contribution in [1.29, 1.82) is 0 Å². The number of Topliss-reactive ketones (excluding diaryl/α,β-unsaturated/α-hetero) is 1. The van der Waals surface area contributed by atoms with Gasteiger partial charge in [-0.05, 0) is 23.7 Å². The maximum atomic E-state index is 13.0. The van der Waals surface area contributed by atoms with Gasteiger partial charge < -0.3 is 4.43 Å². The van der Waals surface area contributed by atoms with Crippen LogP contribution in [0, 0.1) is 0 Å². The van der Waals surface area contributed by atoms with Gasteiger partial charge in [-0.2, -0.15) is 0 Å². The molecule has 0 heterocycles. The van der Waals surface area contributed by atoms with Crippen molar-refractivity contribution in [2.75, 3.05) is 0 Å². The summed E-state index contributed by atoms with van der Waals surface area (Å²) >= 11 is 0. The van der Waals surface area contributed by atoms with Crippen LogP contribution >= 0.6 is 0 Å². The monoisotopic (exact) mass is 326 g/mol. The van der Waals surface area contributed by atoms with Crippen molar-refractivity contribution >= 4 is 14.1 Å². The zero-order chi connectivity index (χ0) is 17.1. The average Bonchev–Trinajstić information content (AvgIpc) is 2.52. The van der Waals surface area contributed by atoms with Crippen molar-refractivity contribution in [1.82, 2.24) is 0 Å². The largest absolute Gasteiger partial charge is 0.403 e. The van der Waals surface area contributed by atoms with Gasteiger partial charge in [-0.1, -0.05) is 81.4 Å². The number of hydrogen-bond acceptors (Lipinski definition) is 2. The molecule has 2 nitrogen and oxygen atoms in total. The van der Waals surface area contributed by atoms with E-state index >= 15 is 0 Å². The van der Waals surface area contributed by atoms with Gasteiger partial charge in [0.2, 0.25) is 0 Å². The van der Waals surface area contributed by atoms with E-state index in [2.05, 4.69) is 33.9 Å². The van der Waals surface area contributed by atoms with Gasteiger partial charge in [0.1, 0.15) is 6.10 Å². The van der Waals surface area contributed by atoms with Crippen LogP contribution in [-0.2, 0) is 4.43 Å². The molecule has 1 unspecified atom stereocenters. The zero-order valence-electron chi connectivity index (χ0n) is 14.7. The molecule has 2 aromatic rings. The van der Waals surface area contributed by atoms with Crippen LogP contribution in [0.15, 0.2) is 60.7 Å². The standard InChI is InChI=1S/C20H26O2Si/c1-20(2,3)23(4,5)22-19(17-14-10-7-11-15-17)18(21)16-12-8-6-9-13-16/h6-15,19H,1-5H3. The van der Waals surface area contributed by atoms with Gasteiger partial charge in [-0.3, -0.25) is 4.79 Å². The molecule has 0 spiro atoms. The van der Waals surface area contributed by atoms with Crippen LogP contribution in [0.4, 0.5) is 0 Å². The first-order chi connectivity index (χ1) is 10.7. The Labute approximate surface area is 140 Å². The molecule has 122 valence electrons. The topological polar surface area (TPSA) is 26.3 Å². The Balaban J connectivity index is 2.40. The van der Waals surface area contributed by atoms with Gasteiger partial charge in [-0.15, -0.1) is 0 Å². The molecule has 0 fully saturated rings. The summed E-state index contributed by atoms with van der Waals surface area (Å²) < 4.78 is 6.49. The van der Waals surface area contributed by atoms with E-state index in [4.69, 9.17) is 4.43 Å². The third-order valence-corrected chi connectivity index (χ3v) is 9.05. The Morgan fingerprint density at radius 1 is 0.913 bits per heavy atom. The minimum atomic E-state index is -2.07. The molecule has 0 aliphatic rings. The van der Waals surface area contributed by atoms with Crippen LogP contribution in [0.25, 0.3) is 0 Å². The maximum Gasteiger partial charge on any atom is 0.194 e. The van der Waals surface area contributed by atoms with Crippen molar-refractivity contribution in [2.45, 2.75) is 45.0 Å². The highest BCUT2D eigenvalue weighted by Crippen LogP contribution is 2.40. The van der Waals surface area contributed by atoms with Crippen LogP contribution in [0.3, 0.4) is 0 Å². The lowest BCUT2D eigenvalue weighted by atomic mass is 10.0. The first kappa shape index (κ1) is 17.6. The number of ketones is 1. The molecule has 0 bridgehead atoms. The van der Waals surface area contributed by atoms with E-state index < -0.39 is 14.4 Å². The summed E-state index contributed by atoms with van der Waals surface area (Å²) in [5, 5.41) is 0.0526. The Morgan fingerprint density at radius 2 is 1.39 bits per heavy atom. The average molecular weight is 327 g/mol. The predicted molar refractivity (Wildman–Crippen MR) is 98.2 cm³/mol. The van der Waals surface area contributed by atoms with E-state index in [0.29, 0.717) is 5.56 Å². The predicted octanol–water partition coefficient (Wildman–Crippen LogP) is 5.63. The Morgan fingerprint density at radius 3 is 1.87 bits per heavy atom. The van der Waals surface area contributed by atoms with Crippen LogP contribution in [-0.4, -0.2) is 14.1 Å². The molecule has 0 radical (unpaired) electrons. The highest BCUT2D eigenvalue weighted by Gasteiger charge is 2.41. The molecular formula is C20H26O2Si. The van der Waals surface area contributed by atoms with E-state index in [1.165, 1.54) is 0 Å². The zero-order valence-corrected chi connectivity index (χ0v) is 15.7. The molecule has 0 aliphatic heterocycles. The molecule has 0 amide bonds. The van der Waals surface area contributed by atoms with Gasteiger partial charge in [0.15, 0.2) is 14.1 Å². The number of hydrogen-bond donors (Lipinski definition) is 0. The molecule has 2 rings (SSSR count). The summed E-state index contributed by atoms with van der Waals surface area (Å²) in [5.41, 5.74) is 1.62. The van der Waals surface area contributed by atoms with Crippen molar-refractivity contribution < 1.29 is 9.22 Å². The Bertz CT molecular complexity index is 642. The number of rotatable bonds is 5. The van der Waals surface area contributed by atoms with E-state index in [0.717, 1.165) is 5.56 Å². The highest BCUT2D eigenvalue weighted by molar-refractivity contribution is 6.74. The normalized spacial score (nSPS) is 13.6. The highest BCUT2D eigenvalue weighted by atomic mass is 28.4. The van der Waals surface area contributed by atoms with E-state index in [-0.39, 0.29) is 10.8 Å². The lowest BCUT2D eigenvalue weighted by Crippen LogP contribution is -2.43. The second-order valence-corrected chi connectivity index (χ2v) is 12.2. The van der Waals surface area contributed by atoms with Crippen LogP contribution < -0.4 is 0 Å². The molecule has 0 aliphatic carbocycles. The summed E-state index contributed by atoms with van der Waals surface area (Å²) in [6.07, 6.45) is -0.542. The molecule has 2 aromatic carbocycles. The molecule has 0 aromatic heterocycles. The van der Waals surface area contributed by atoms with E-state index in [1.54, 1.807) is 0 Å². The van der Waals surface area contributed by atoms with Gasteiger partial charge >= 0.3 is 0 Å². The van der Waals surface area contributed by atoms with E-state index in [1.807, 2.05) is 60.7 Å². The lowest BCUT2D eigenvalue weighted by Gasteiger charge is -2.39. The second-order valence-electron chi connectivity index (χ2n) is 7.40. The summed E-state index contributed by atoms with van der Waals surface area (Å²) in [6.45, 7) is 10.9. The van der Waals surface area contributed by atoms with Crippen molar-refractivity contribution in [3.05, 3.63) is 71.8 Å². The molecule has 0 saturated carbocycles. The second kappa shape index (κ2) is 6.81. The van der Waals surface area contributed by atoms with Gasteiger partial charge in [-0.25, -0.2) is 0 Å². The summed E-state index contributed by atoms with van der Waals surface area (Å²) in [4.78, 5) is 13.0. The molecular weight excluding hydrogens is 300 g/mol. The minimum Gasteiger partial charge on any atom is -0.403 e. The first-order valence-electron chi connectivity index (χ1n) is 8.04. The fourth-order valence-electron chi connectivity index (χ4n) is 2.13. The SMILES string of the molecule is CC(C)(C)[Si](C)(C)OC(C(=O)c1ccccc1)c1ccccc1. The number of benzene rings is 2. The van der Waals surface area contributed by atoms with Crippen molar-refractivity contribution in [3.63, 3.8) is 0 Å². The summed E-state index contributed by atoms with van der Waals surface area (Å²) in [7, 11) is -2.07. The quantitative estimate of drug-likeness (QED) is 0.525. The molecule has 0 saturated heterocycles. The van der Waals surface area contributed by atoms with Crippen LogP contribution in [0.1, 0.15) is 42.8 Å². The van der Waals surface area contributed by atoms with Crippen LogP contribution in [0.5, 0.6) is 0 Å². The third kappa shape index (κ3) is 4.18.